The number of carbonyl (C=O) groups is 1. The minimum Gasteiger partial charge on any atom is -0.497 e. The molecule has 0 bridgehead atoms. The van der Waals surface area contributed by atoms with E-state index < -0.39 is 17.9 Å². The Morgan fingerprint density at radius 1 is 1.43 bits per heavy atom. The average Bonchev–Trinajstić information content (AvgIpc) is 2.96. The molecule has 2 amide bonds. The number of rotatable bonds is 4. The number of anilines is 1. The summed E-state index contributed by atoms with van der Waals surface area (Å²) in [6.45, 7) is -0.0173. The first-order chi connectivity index (χ1) is 10.8. The quantitative estimate of drug-likeness (QED) is 0.916. The van der Waals surface area contributed by atoms with E-state index in [2.05, 4.69) is 10.3 Å². The molecule has 1 aromatic heterocycles. The van der Waals surface area contributed by atoms with E-state index in [4.69, 9.17) is 4.74 Å². The second-order valence-electron chi connectivity index (χ2n) is 4.64. The maximum Gasteiger partial charge on any atom is 0.434 e. The molecule has 0 saturated heterocycles. The summed E-state index contributed by atoms with van der Waals surface area (Å²) < 4.78 is 42.5. The molecular weight excluding hydrogens is 331 g/mol. The Bertz CT molecular complexity index is 688. The summed E-state index contributed by atoms with van der Waals surface area (Å²) in [5, 5.41) is 3.78. The molecule has 2 rings (SSSR count). The molecule has 1 N–H and O–H groups in total. The Kier molecular flexibility index (Phi) is 5.09. The van der Waals surface area contributed by atoms with E-state index >= 15 is 0 Å². The van der Waals surface area contributed by atoms with Crippen molar-refractivity contribution >= 4 is 23.1 Å². The Hall–Kier alpha value is -2.29. The number of nitrogens with one attached hydrogen (secondary N) is 1. The summed E-state index contributed by atoms with van der Waals surface area (Å²) in [6, 6.07) is 6.30. The summed E-state index contributed by atoms with van der Waals surface area (Å²) in [6.07, 6.45) is -4.48. The molecule has 0 aliphatic rings. The number of aromatic nitrogens is 1. The van der Waals surface area contributed by atoms with Gasteiger partial charge < -0.3 is 15.0 Å². The zero-order valence-corrected chi connectivity index (χ0v) is 13.2. The molecule has 0 aliphatic carbocycles. The minimum atomic E-state index is -4.48. The van der Waals surface area contributed by atoms with Crippen molar-refractivity contribution in [3.05, 3.63) is 40.3 Å². The highest BCUT2D eigenvalue weighted by atomic mass is 32.1. The third-order valence-electron chi connectivity index (χ3n) is 2.88. The maximum atomic E-state index is 12.5. The number of hydrogen-bond acceptors (Lipinski definition) is 4. The van der Waals surface area contributed by atoms with Crippen LogP contribution in [0.1, 0.15) is 10.7 Å². The monoisotopic (exact) mass is 345 g/mol. The van der Waals surface area contributed by atoms with Crippen molar-refractivity contribution in [1.29, 1.82) is 0 Å². The van der Waals surface area contributed by atoms with E-state index in [9.17, 15) is 18.0 Å². The highest BCUT2D eigenvalue weighted by Gasteiger charge is 2.33. The second kappa shape index (κ2) is 6.86. The summed E-state index contributed by atoms with van der Waals surface area (Å²) in [5.41, 5.74) is -0.421. The van der Waals surface area contributed by atoms with Gasteiger partial charge in [-0.1, -0.05) is 6.07 Å². The Morgan fingerprint density at radius 3 is 2.78 bits per heavy atom. The van der Waals surface area contributed by atoms with Crippen LogP contribution in [0, 0.1) is 0 Å². The third kappa shape index (κ3) is 4.59. The van der Waals surface area contributed by atoms with Gasteiger partial charge in [-0.3, -0.25) is 0 Å². The fourth-order valence-corrected chi connectivity index (χ4v) is 2.56. The Morgan fingerprint density at radius 2 is 2.17 bits per heavy atom. The molecule has 0 atom stereocenters. The number of urea groups is 1. The number of amides is 2. The Labute approximate surface area is 134 Å². The van der Waals surface area contributed by atoms with E-state index in [0.717, 1.165) is 16.7 Å². The van der Waals surface area contributed by atoms with E-state index in [1.54, 1.807) is 24.3 Å². The number of alkyl halides is 3. The molecule has 124 valence electrons. The van der Waals surface area contributed by atoms with Crippen molar-refractivity contribution in [2.45, 2.75) is 12.7 Å². The standard InChI is InChI=1S/C14H14F3N3O2S/c1-20(7-12-19-11(8-23-12)14(15,16)17)13(21)18-9-4-3-5-10(6-9)22-2/h3-6,8H,7H2,1-2H3,(H,18,21). The van der Waals surface area contributed by atoms with Gasteiger partial charge in [0.25, 0.3) is 0 Å². The van der Waals surface area contributed by atoms with E-state index in [0.29, 0.717) is 11.4 Å². The average molecular weight is 345 g/mol. The van der Waals surface area contributed by atoms with Crippen molar-refractivity contribution in [1.82, 2.24) is 9.88 Å². The number of methoxy groups -OCH3 is 1. The lowest BCUT2D eigenvalue weighted by molar-refractivity contribution is -0.140. The summed E-state index contributed by atoms with van der Waals surface area (Å²) in [4.78, 5) is 16.8. The smallest absolute Gasteiger partial charge is 0.434 e. The number of benzene rings is 1. The zero-order valence-electron chi connectivity index (χ0n) is 12.3. The first-order valence-electron chi connectivity index (χ1n) is 6.47. The molecule has 0 unspecified atom stereocenters. The van der Waals surface area contributed by atoms with Crippen LogP contribution in [-0.2, 0) is 12.7 Å². The molecule has 0 aliphatic heterocycles. The van der Waals surface area contributed by atoms with Gasteiger partial charge in [0.15, 0.2) is 5.69 Å². The highest BCUT2D eigenvalue weighted by molar-refractivity contribution is 7.09. The minimum absolute atomic E-state index is 0.0173. The number of ether oxygens (including phenoxy) is 1. The molecule has 1 heterocycles. The topological polar surface area (TPSA) is 54.5 Å². The zero-order chi connectivity index (χ0) is 17.0. The molecule has 5 nitrogen and oxygen atoms in total. The Balaban J connectivity index is 1.98. The fourth-order valence-electron chi connectivity index (χ4n) is 1.71. The van der Waals surface area contributed by atoms with Crippen LogP contribution >= 0.6 is 11.3 Å². The molecule has 0 spiro atoms. The van der Waals surface area contributed by atoms with Crippen LogP contribution in [0.3, 0.4) is 0 Å². The van der Waals surface area contributed by atoms with Gasteiger partial charge in [0.05, 0.1) is 13.7 Å². The number of carbonyl (C=O) groups excluding carboxylic acids is 1. The number of nitrogens with zero attached hydrogens (tertiary/aromatic N) is 2. The van der Waals surface area contributed by atoms with Gasteiger partial charge in [0.1, 0.15) is 10.8 Å². The first kappa shape index (κ1) is 17.1. The number of halogens is 3. The lowest BCUT2D eigenvalue weighted by atomic mass is 10.3. The molecule has 1 aromatic carbocycles. The van der Waals surface area contributed by atoms with Crippen LogP contribution in [0.4, 0.5) is 23.7 Å². The predicted molar refractivity (Wildman–Crippen MR) is 80.6 cm³/mol. The van der Waals surface area contributed by atoms with Gasteiger partial charge in [-0.25, -0.2) is 9.78 Å². The van der Waals surface area contributed by atoms with Crippen molar-refractivity contribution in [2.75, 3.05) is 19.5 Å². The van der Waals surface area contributed by atoms with Gasteiger partial charge in [0.2, 0.25) is 0 Å². The molecule has 0 radical (unpaired) electrons. The normalized spacial score (nSPS) is 11.2. The largest absolute Gasteiger partial charge is 0.497 e. The molecule has 0 saturated carbocycles. The number of hydrogen-bond donors (Lipinski definition) is 1. The lowest BCUT2D eigenvalue weighted by Gasteiger charge is -2.17. The van der Waals surface area contributed by atoms with E-state index in [1.807, 2.05) is 0 Å². The van der Waals surface area contributed by atoms with Crippen LogP contribution in [0.25, 0.3) is 0 Å². The van der Waals surface area contributed by atoms with Crippen molar-refractivity contribution in [3.8, 4) is 5.75 Å². The van der Waals surface area contributed by atoms with Crippen molar-refractivity contribution in [3.63, 3.8) is 0 Å². The second-order valence-corrected chi connectivity index (χ2v) is 5.59. The van der Waals surface area contributed by atoms with Crippen molar-refractivity contribution < 1.29 is 22.7 Å². The SMILES string of the molecule is COc1cccc(NC(=O)N(C)Cc2nc(C(F)(F)F)cs2)c1. The maximum absolute atomic E-state index is 12.5. The molecular formula is C14H14F3N3O2S. The van der Waals surface area contributed by atoms with Gasteiger partial charge in [-0.2, -0.15) is 13.2 Å². The van der Waals surface area contributed by atoms with Gasteiger partial charge in [-0.15, -0.1) is 11.3 Å². The third-order valence-corrected chi connectivity index (χ3v) is 3.72. The predicted octanol–water partition coefficient (Wildman–Crippen LogP) is 3.83. The van der Waals surface area contributed by atoms with Gasteiger partial charge >= 0.3 is 12.2 Å². The van der Waals surface area contributed by atoms with Gasteiger partial charge in [0, 0.05) is 24.2 Å². The fraction of sp³-hybridized carbons (Fsp3) is 0.286. The van der Waals surface area contributed by atoms with Crippen LogP contribution in [0.5, 0.6) is 5.75 Å². The number of thiazole rings is 1. The highest BCUT2D eigenvalue weighted by Crippen LogP contribution is 2.30. The first-order valence-corrected chi connectivity index (χ1v) is 7.35. The molecule has 2 aromatic rings. The molecule has 9 heteroatoms. The van der Waals surface area contributed by atoms with E-state index in [-0.39, 0.29) is 11.6 Å². The molecule has 0 fully saturated rings. The lowest BCUT2D eigenvalue weighted by Crippen LogP contribution is -2.30. The molecule has 23 heavy (non-hydrogen) atoms. The van der Waals surface area contributed by atoms with Crippen LogP contribution in [-0.4, -0.2) is 30.1 Å². The van der Waals surface area contributed by atoms with Crippen LogP contribution in [0.15, 0.2) is 29.6 Å². The van der Waals surface area contributed by atoms with Crippen LogP contribution in [0.2, 0.25) is 0 Å². The summed E-state index contributed by atoms with van der Waals surface area (Å²) >= 11 is 0.862. The van der Waals surface area contributed by atoms with Crippen LogP contribution < -0.4 is 10.1 Å². The summed E-state index contributed by atoms with van der Waals surface area (Å²) in [7, 11) is 2.98. The summed E-state index contributed by atoms with van der Waals surface area (Å²) in [5.74, 6) is 0.584. The van der Waals surface area contributed by atoms with Gasteiger partial charge in [-0.05, 0) is 12.1 Å². The van der Waals surface area contributed by atoms with Crippen molar-refractivity contribution in [2.24, 2.45) is 0 Å². The van der Waals surface area contributed by atoms with E-state index in [1.165, 1.54) is 19.1 Å².